The number of hydrogen-bond acceptors (Lipinski definition) is 3. The zero-order valence-electron chi connectivity index (χ0n) is 10.6. The molecule has 3 nitrogen and oxygen atoms in total. The molecule has 0 spiro atoms. The molecule has 0 saturated heterocycles. The molecule has 1 aromatic carbocycles. The minimum Gasteiger partial charge on any atom is -0.383 e. The number of nitrogen functional groups attached to an aromatic ring is 1. The summed E-state index contributed by atoms with van der Waals surface area (Å²) in [6.45, 7) is 0. The topological polar surface area (TPSA) is 43.3 Å². The normalized spacial score (nSPS) is 14.7. The van der Waals surface area contributed by atoms with Gasteiger partial charge in [0, 0.05) is 16.1 Å². The third kappa shape index (κ3) is 1.60. The third-order valence-corrected chi connectivity index (χ3v) is 4.95. The Kier molecular flexibility index (Phi) is 2.38. The molecule has 96 valence electrons. The van der Waals surface area contributed by atoms with Gasteiger partial charge in [-0.15, -0.1) is 11.3 Å². The fourth-order valence-corrected chi connectivity index (χ4v) is 4.08. The number of aromatic nitrogens is 2. The highest BCUT2D eigenvalue weighted by molar-refractivity contribution is 7.17. The van der Waals surface area contributed by atoms with Crippen molar-refractivity contribution in [2.75, 3.05) is 5.73 Å². The number of nitrogens with zero attached hydrogens (tertiary/aromatic N) is 2. The highest BCUT2D eigenvalue weighted by atomic mass is 32.1. The maximum absolute atomic E-state index is 6.35. The zero-order valence-corrected chi connectivity index (χ0v) is 11.4. The lowest BCUT2D eigenvalue weighted by atomic mass is 10.0. The molecule has 0 radical (unpaired) electrons. The van der Waals surface area contributed by atoms with Crippen LogP contribution in [0, 0.1) is 0 Å². The SMILES string of the molecule is Nc1c(-c2ccccc2)nc2sc3c(n12)CCCC3. The van der Waals surface area contributed by atoms with E-state index in [1.165, 1.54) is 29.8 Å². The Morgan fingerprint density at radius 1 is 1.11 bits per heavy atom. The zero-order chi connectivity index (χ0) is 12.8. The second kappa shape index (κ2) is 4.10. The fourth-order valence-electron chi connectivity index (χ4n) is 2.87. The number of thiazole rings is 1. The van der Waals surface area contributed by atoms with E-state index in [0.717, 1.165) is 28.5 Å². The molecule has 19 heavy (non-hydrogen) atoms. The van der Waals surface area contributed by atoms with E-state index < -0.39 is 0 Å². The summed E-state index contributed by atoms with van der Waals surface area (Å²) in [6.07, 6.45) is 4.87. The van der Waals surface area contributed by atoms with Crippen LogP contribution in [0.2, 0.25) is 0 Å². The van der Waals surface area contributed by atoms with Gasteiger partial charge in [0.1, 0.15) is 11.5 Å². The van der Waals surface area contributed by atoms with Gasteiger partial charge in [-0.05, 0) is 25.7 Å². The van der Waals surface area contributed by atoms with Gasteiger partial charge in [-0.2, -0.15) is 0 Å². The maximum atomic E-state index is 6.35. The molecule has 0 amide bonds. The second-order valence-corrected chi connectivity index (χ2v) is 6.07. The Morgan fingerprint density at radius 3 is 2.74 bits per heavy atom. The van der Waals surface area contributed by atoms with E-state index in [2.05, 4.69) is 16.5 Å². The van der Waals surface area contributed by atoms with Crippen LogP contribution in [0.4, 0.5) is 5.82 Å². The van der Waals surface area contributed by atoms with Gasteiger partial charge in [-0.1, -0.05) is 30.3 Å². The monoisotopic (exact) mass is 269 g/mol. The molecule has 0 aliphatic heterocycles. The molecule has 1 aliphatic rings. The van der Waals surface area contributed by atoms with Crippen LogP contribution in [-0.4, -0.2) is 9.38 Å². The second-order valence-electron chi connectivity index (χ2n) is 5.01. The van der Waals surface area contributed by atoms with Crippen LogP contribution in [-0.2, 0) is 12.8 Å². The summed E-state index contributed by atoms with van der Waals surface area (Å²) >= 11 is 1.80. The molecule has 1 aliphatic carbocycles. The van der Waals surface area contributed by atoms with E-state index in [-0.39, 0.29) is 0 Å². The summed E-state index contributed by atoms with van der Waals surface area (Å²) in [4.78, 5) is 7.26. The highest BCUT2D eigenvalue weighted by Crippen LogP contribution is 2.35. The molecule has 3 aromatic rings. The van der Waals surface area contributed by atoms with Crippen molar-refractivity contribution in [1.29, 1.82) is 0 Å². The number of benzene rings is 1. The summed E-state index contributed by atoms with van der Waals surface area (Å²) in [5, 5.41) is 0. The Bertz CT molecular complexity index is 740. The van der Waals surface area contributed by atoms with E-state index in [1.54, 1.807) is 11.3 Å². The molecule has 2 heterocycles. The number of imidazole rings is 1. The molecule has 0 saturated carbocycles. The Labute approximate surface area is 115 Å². The van der Waals surface area contributed by atoms with Gasteiger partial charge >= 0.3 is 0 Å². The molecule has 4 heteroatoms. The van der Waals surface area contributed by atoms with Crippen molar-refractivity contribution in [3.8, 4) is 11.3 Å². The molecule has 0 atom stereocenters. The summed E-state index contributed by atoms with van der Waals surface area (Å²) in [6, 6.07) is 10.2. The molecule has 2 N–H and O–H groups in total. The fraction of sp³-hybridized carbons (Fsp3) is 0.267. The van der Waals surface area contributed by atoms with Gasteiger partial charge in [-0.25, -0.2) is 4.98 Å². The van der Waals surface area contributed by atoms with E-state index >= 15 is 0 Å². The van der Waals surface area contributed by atoms with Crippen molar-refractivity contribution in [3.05, 3.63) is 40.9 Å². The predicted octanol–water partition coefficient (Wildman–Crippen LogP) is 3.52. The number of rotatable bonds is 1. The van der Waals surface area contributed by atoms with E-state index in [0.29, 0.717) is 0 Å². The molecular formula is C15H15N3S. The van der Waals surface area contributed by atoms with Crippen LogP contribution >= 0.6 is 11.3 Å². The van der Waals surface area contributed by atoms with Crippen molar-refractivity contribution in [3.63, 3.8) is 0 Å². The maximum Gasteiger partial charge on any atom is 0.196 e. The molecule has 4 rings (SSSR count). The van der Waals surface area contributed by atoms with Crippen LogP contribution < -0.4 is 5.73 Å². The minimum atomic E-state index is 0.792. The average molecular weight is 269 g/mol. The van der Waals surface area contributed by atoms with Crippen molar-refractivity contribution in [1.82, 2.24) is 9.38 Å². The quantitative estimate of drug-likeness (QED) is 0.734. The van der Waals surface area contributed by atoms with Gasteiger partial charge in [0.05, 0.1) is 0 Å². The average Bonchev–Trinajstić information content (AvgIpc) is 2.97. The van der Waals surface area contributed by atoms with E-state index in [4.69, 9.17) is 10.7 Å². The highest BCUT2D eigenvalue weighted by Gasteiger charge is 2.21. The summed E-state index contributed by atoms with van der Waals surface area (Å²) in [5.41, 5.74) is 9.75. The summed E-state index contributed by atoms with van der Waals surface area (Å²) in [5.74, 6) is 0.792. The number of anilines is 1. The number of fused-ring (bicyclic) bond motifs is 3. The largest absolute Gasteiger partial charge is 0.383 e. The Morgan fingerprint density at radius 2 is 1.89 bits per heavy atom. The van der Waals surface area contributed by atoms with Gasteiger partial charge < -0.3 is 5.73 Å². The standard InChI is InChI=1S/C15H15N3S/c16-14-13(10-6-2-1-3-7-10)17-15-18(14)11-8-4-5-9-12(11)19-15/h1-3,6-7H,4-5,8-9,16H2. The van der Waals surface area contributed by atoms with Gasteiger partial charge in [0.15, 0.2) is 4.96 Å². The molecular weight excluding hydrogens is 254 g/mol. The molecule has 0 unspecified atom stereocenters. The van der Waals surface area contributed by atoms with Crippen molar-refractivity contribution in [2.24, 2.45) is 0 Å². The minimum absolute atomic E-state index is 0.792. The molecule has 2 aromatic heterocycles. The van der Waals surface area contributed by atoms with Crippen molar-refractivity contribution < 1.29 is 0 Å². The summed E-state index contributed by atoms with van der Waals surface area (Å²) < 4.78 is 2.17. The lowest BCUT2D eigenvalue weighted by Gasteiger charge is -2.11. The van der Waals surface area contributed by atoms with Crippen LogP contribution in [0.25, 0.3) is 16.2 Å². The predicted molar refractivity (Wildman–Crippen MR) is 79.6 cm³/mol. The first-order valence-corrected chi connectivity index (χ1v) is 7.50. The number of hydrogen-bond donors (Lipinski definition) is 1. The van der Waals surface area contributed by atoms with E-state index in [1.807, 2.05) is 18.2 Å². The lowest BCUT2D eigenvalue weighted by Crippen LogP contribution is -2.04. The first-order valence-electron chi connectivity index (χ1n) is 6.68. The van der Waals surface area contributed by atoms with Gasteiger partial charge in [-0.3, -0.25) is 4.40 Å². The van der Waals surface area contributed by atoms with Crippen LogP contribution in [0.5, 0.6) is 0 Å². The van der Waals surface area contributed by atoms with Crippen molar-refractivity contribution >= 4 is 22.1 Å². The Balaban J connectivity index is 1.96. The Hall–Kier alpha value is -1.81. The van der Waals surface area contributed by atoms with Crippen LogP contribution in [0.3, 0.4) is 0 Å². The van der Waals surface area contributed by atoms with Crippen molar-refractivity contribution in [2.45, 2.75) is 25.7 Å². The van der Waals surface area contributed by atoms with Crippen LogP contribution in [0.1, 0.15) is 23.4 Å². The van der Waals surface area contributed by atoms with Crippen LogP contribution in [0.15, 0.2) is 30.3 Å². The first kappa shape index (κ1) is 11.1. The number of aryl methyl sites for hydroxylation is 2. The van der Waals surface area contributed by atoms with Gasteiger partial charge in [0.25, 0.3) is 0 Å². The van der Waals surface area contributed by atoms with Gasteiger partial charge in [0.2, 0.25) is 0 Å². The lowest BCUT2D eigenvalue weighted by molar-refractivity contribution is 0.675. The summed E-state index contributed by atoms with van der Waals surface area (Å²) in [7, 11) is 0. The molecule has 0 bridgehead atoms. The van der Waals surface area contributed by atoms with E-state index in [9.17, 15) is 0 Å². The number of nitrogens with two attached hydrogens (primary N) is 1. The smallest absolute Gasteiger partial charge is 0.196 e. The first-order chi connectivity index (χ1) is 9.34. The third-order valence-electron chi connectivity index (χ3n) is 3.80. The molecule has 0 fully saturated rings.